The van der Waals surface area contributed by atoms with E-state index in [4.69, 9.17) is 0 Å². The molecule has 186 valence electrons. The molecule has 0 spiro atoms. The molecule has 4 atom stereocenters. The normalized spacial score (nSPS) is 29.1. The smallest absolute Gasteiger partial charge is 0.315 e. The number of carbonyl (C=O) groups is 2. The Balaban J connectivity index is 1.46. The summed E-state index contributed by atoms with van der Waals surface area (Å²) >= 11 is 0. The van der Waals surface area contributed by atoms with Crippen molar-refractivity contribution < 1.29 is 9.59 Å². The molecule has 0 aliphatic heterocycles. The topological polar surface area (TPSA) is 82.3 Å². The summed E-state index contributed by atoms with van der Waals surface area (Å²) in [5.41, 5.74) is 0.623. The van der Waals surface area contributed by atoms with Gasteiger partial charge in [0.15, 0.2) is 0 Å². The molecule has 0 aromatic carbocycles. The molecule has 2 rings (SSSR count). The van der Waals surface area contributed by atoms with Crippen LogP contribution in [0.15, 0.2) is 0 Å². The fraction of sp³-hybridized carbons (Fsp3) is 0.923. The van der Waals surface area contributed by atoms with Gasteiger partial charge in [0, 0.05) is 25.2 Å². The third kappa shape index (κ3) is 10.4. The first-order chi connectivity index (χ1) is 14.9. The predicted octanol–water partition coefficient (Wildman–Crippen LogP) is 5.57. The third-order valence-corrected chi connectivity index (χ3v) is 7.12. The van der Waals surface area contributed by atoms with Crippen LogP contribution in [0.3, 0.4) is 0 Å². The Kier molecular flexibility index (Phi) is 10.2. The van der Waals surface area contributed by atoms with E-state index in [1.54, 1.807) is 0 Å². The summed E-state index contributed by atoms with van der Waals surface area (Å²) in [7, 11) is 0. The van der Waals surface area contributed by atoms with Crippen LogP contribution >= 0.6 is 0 Å². The number of hydrogen-bond donors (Lipinski definition) is 4. The number of nitrogens with one attached hydrogen (secondary N) is 4. The van der Waals surface area contributed by atoms with Gasteiger partial charge in [0.25, 0.3) is 0 Å². The molecule has 0 aromatic heterocycles. The van der Waals surface area contributed by atoms with Crippen LogP contribution in [0.2, 0.25) is 0 Å². The maximum Gasteiger partial charge on any atom is 0.315 e. The third-order valence-electron chi connectivity index (χ3n) is 7.12. The highest BCUT2D eigenvalue weighted by molar-refractivity contribution is 5.74. The lowest BCUT2D eigenvalue weighted by molar-refractivity contribution is 0.151. The minimum atomic E-state index is -0.0292. The monoisotopic (exact) mass is 450 g/mol. The molecule has 2 saturated carbocycles. The number of rotatable bonds is 9. The number of urea groups is 2. The molecular weight excluding hydrogens is 400 g/mol. The zero-order valence-corrected chi connectivity index (χ0v) is 21.6. The van der Waals surface area contributed by atoms with E-state index >= 15 is 0 Å². The predicted molar refractivity (Wildman–Crippen MR) is 133 cm³/mol. The first kappa shape index (κ1) is 26.8. The number of amides is 4. The van der Waals surface area contributed by atoms with Gasteiger partial charge in [-0.25, -0.2) is 9.59 Å². The van der Waals surface area contributed by atoms with Crippen molar-refractivity contribution in [2.75, 3.05) is 13.1 Å². The summed E-state index contributed by atoms with van der Waals surface area (Å²) in [4.78, 5) is 24.4. The van der Waals surface area contributed by atoms with Gasteiger partial charge in [-0.15, -0.1) is 0 Å². The van der Waals surface area contributed by atoms with Gasteiger partial charge in [-0.1, -0.05) is 54.4 Å². The maximum atomic E-state index is 12.2. The molecule has 2 aliphatic rings. The van der Waals surface area contributed by atoms with Crippen molar-refractivity contribution >= 4 is 12.1 Å². The van der Waals surface area contributed by atoms with Gasteiger partial charge < -0.3 is 21.3 Å². The molecule has 0 aromatic rings. The SMILES string of the molecule is C[C@H]1C[C@@H](NC(=O)NCCCCCCNC(=O)N[C@@H]2C[C@H](C)CC(C)(C)C2)CC(C)(C)C1. The lowest BCUT2D eigenvalue weighted by atomic mass is 9.70. The van der Waals surface area contributed by atoms with Gasteiger partial charge in [0.1, 0.15) is 0 Å². The molecule has 2 fully saturated rings. The molecule has 32 heavy (non-hydrogen) atoms. The van der Waals surface area contributed by atoms with Crippen molar-refractivity contribution in [1.82, 2.24) is 21.3 Å². The maximum absolute atomic E-state index is 12.2. The van der Waals surface area contributed by atoms with E-state index < -0.39 is 0 Å². The van der Waals surface area contributed by atoms with Gasteiger partial charge in [0.2, 0.25) is 0 Å². The Hall–Kier alpha value is -1.46. The lowest BCUT2D eigenvalue weighted by Crippen LogP contribution is -2.47. The van der Waals surface area contributed by atoms with Crippen molar-refractivity contribution in [3.05, 3.63) is 0 Å². The van der Waals surface area contributed by atoms with E-state index in [0.29, 0.717) is 35.8 Å². The average molecular weight is 451 g/mol. The first-order valence-electron chi connectivity index (χ1n) is 13.0. The van der Waals surface area contributed by atoms with E-state index in [9.17, 15) is 9.59 Å². The van der Waals surface area contributed by atoms with E-state index in [2.05, 4.69) is 62.8 Å². The van der Waals surface area contributed by atoms with E-state index in [0.717, 1.165) is 51.4 Å². The molecular formula is C26H50N4O2. The summed E-state index contributed by atoms with van der Waals surface area (Å²) in [6.45, 7) is 15.2. The van der Waals surface area contributed by atoms with Gasteiger partial charge >= 0.3 is 12.1 Å². The van der Waals surface area contributed by atoms with Gasteiger partial charge in [0.05, 0.1) is 0 Å². The molecule has 0 unspecified atom stereocenters. The van der Waals surface area contributed by atoms with Crippen LogP contribution in [0.1, 0.15) is 106 Å². The number of unbranched alkanes of at least 4 members (excludes halogenated alkanes) is 3. The minimum Gasteiger partial charge on any atom is -0.338 e. The summed E-state index contributed by atoms with van der Waals surface area (Å²) in [5.74, 6) is 1.33. The Bertz CT molecular complexity index is 553. The van der Waals surface area contributed by atoms with Crippen molar-refractivity contribution in [2.45, 2.75) is 118 Å². The Labute approximate surface area is 196 Å². The quantitative estimate of drug-likeness (QED) is 0.346. The average Bonchev–Trinajstić information content (AvgIpc) is 2.60. The van der Waals surface area contributed by atoms with Gasteiger partial charge in [-0.2, -0.15) is 0 Å². The molecule has 6 heteroatoms. The van der Waals surface area contributed by atoms with Crippen LogP contribution in [0.5, 0.6) is 0 Å². The molecule has 4 N–H and O–H groups in total. The standard InChI is InChI=1S/C26H50N4O2/c1-19-13-21(17-25(3,4)15-19)29-23(31)27-11-9-7-8-10-12-28-24(32)30-22-14-20(2)16-26(5,6)18-22/h19-22H,7-18H2,1-6H3,(H2,27,29,31)(H2,28,30,32)/t19-,20-,21+,22+/m0/s1. The highest BCUT2D eigenvalue weighted by atomic mass is 16.2. The van der Waals surface area contributed by atoms with E-state index in [-0.39, 0.29) is 24.1 Å². The zero-order chi connectivity index (χ0) is 23.8. The molecule has 4 amide bonds. The summed E-state index contributed by atoms with van der Waals surface area (Å²) in [5, 5.41) is 12.3. The highest BCUT2D eigenvalue weighted by Gasteiger charge is 2.33. The second-order valence-electron chi connectivity index (χ2n) is 12.4. The molecule has 0 saturated heterocycles. The van der Waals surface area contributed by atoms with Crippen molar-refractivity contribution in [1.29, 1.82) is 0 Å². The Morgan fingerprint density at radius 2 is 1.03 bits per heavy atom. The second kappa shape index (κ2) is 12.1. The molecule has 0 radical (unpaired) electrons. The van der Waals surface area contributed by atoms with Crippen molar-refractivity contribution in [3.63, 3.8) is 0 Å². The largest absolute Gasteiger partial charge is 0.338 e. The first-order valence-corrected chi connectivity index (χ1v) is 13.0. The summed E-state index contributed by atoms with van der Waals surface area (Å²) < 4.78 is 0. The molecule has 2 aliphatic carbocycles. The second-order valence-corrected chi connectivity index (χ2v) is 12.4. The number of carbonyl (C=O) groups excluding carboxylic acids is 2. The minimum absolute atomic E-state index is 0.0292. The van der Waals surface area contributed by atoms with Crippen LogP contribution in [0, 0.1) is 22.7 Å². The lowest BCUT2D eigenvalue weighted by Gasteiger charge is -2.39. The van der Waals surface area contributed by atoms with Crippen molar-refractivity contribution in [3.8, 4) is 0 Å². The van der Waals surface area contributed by atoms with Crippen LogP contribution < -0.4 is 21.3 Å². The zero-order valence-electron chi connectivity index (χ0n) is 21.6. The fourth-order valence-electron chi connectivity index (χ4n) is 6.39. The Morgan fingerprint density at radius 1 is 0.656 bits per heavy atom. The van der Waals surface area contributed by atoms with Gasteiger partial charge in [-0.05, 0) is 74.0 Å². The van der Waals surface area contributed by atoms with Gasteiger partial charge in [-0.3, -0.25) is 0 Å². The van der Waals surface area contributed by atoms with E-state index in [1.165, 1.54) is 12.8 Å². The Morgan fingerprint density at radius 3 is 1.38 bits per heavy atom. The van der Waals surface area contributed by atoms with Crippen LogP contribution in [-0.2, 0) is 0 Å². The summed E-state index contributed by atoms with van der Waals surface area (Å²) in [6, 6.07) is 0.514. The fourth-order valence-corrected chi connectivity index (χ4v) is 6.39. The number of hydrogen-bond acceptors (Lipinski definition) is 2. The van der Waals surface area contributed by atoms with Crippen LogP contribution in [0.4, 0.5) is 9.59 Å². The van der Waals surface area contributed by atoms with Crippen LogP contribution in [0.25, 0.3) is 0 Å². The molecule has 0 bridgehead atoms. The van der Waals surface area contributed by atoms with Crippen molar-refractivity contribution in [2.24, 2.45) is 22.7 Å². The highest BCUT2D eigenvalue weighted by Crippen LogP contribution is 2.39. The van der Waals surface area contributed by atoms with Crippen LogP contribution in [-0.4, -0.2) is 37.2 Å². The van der Waals surface area contributed by atoms with E-state index in [1.807, 2.05) is 0 Å². The summed E-state index contributed by atoms with van der Waals surface area (Å²) in [6.07, 6.45) is 10.8. The molecule has 0 heterocycles. The molecule has 6 nitrogen and oxygen atoms in total.